The number of anilines is 1. The molecule has 2 heterocycles. The highest BCUT2D eigenvalue weighted by atomic mass is 35.5. The van der Waals surface area contributed by atoms with E-state index in [0.717, 1.165) is 34.7 Å². The van der Waals surface area contributed by atoms with Crippen molar-refractivity contribution in [1.82, 2.24) is 9.55 Å². The molecule has 0 aliphatic carbocycles. The molecule has 1 atom stereocenters. The van der Waals surface area contributed by atoms with E-state index in [2.05, 4.69) is 34.9 Å². The summed E-state index contributed by atoms with van der Waals surface area (Å²) in [5.74, 6) is 1.12. The van der Waals surface area contributed by atoms with Crippen molar-refractivity contribution < 1.29 is 4.79 Å². The Bertz CT molecular complexity index is 1230. The Hall–Kier alpha value is -3.11. The highest BCUT2D eigenvalue weighted by molar-refractivity contribution is 6.31. The standard InChI is InChI=1S/C25H22ClN3O/c1-17-20(26)10-7-13-22(17)28-16-19(14-24(28)30)25-27-21-11-5-6-12-23(21)29(25)15-18-8-3-2-4-9-18/h2-13,19H,14-16H2,1H3/t19-/m0/s1. The van der Waals surface area contributed by atoms with Crippen molar-refractivity contribution in [2.75, 3.05) is 11.4 Å². The van der Waals surface area contributed by atoms with Crippen LogP contribution in [0.2, 0.25) is 5.02 Å². The zero-order chi connectivity index (χ0) is 20.7. The number of hydrogen-bond donors (Lipinski definition) is 0. The van der Waals surface area contributed by atoms with Gasteiger partial charge in [-0.05, 0) is 42.3 Å². The van der Waals surface area contributed by atoms with E-state index in [-0.39, 0.29) is 11.8 Å². The number of para-hydroxylation sites is 2. The average Bonchev–Trinajstić information content (AvgIpc) is 3.32. The largest absolute Gasteiger partial charge is 0.323 e. The summed E-state index contributed by atoms with van der Waals surface area (Å²) in [5.41, 5.74) is 5.11. The van der Waals surface area contributed by atoms with Gasteiger partial charge in [-0.1, -0.05) is 60.1 Å². The molecule has 150 valence electrons. The van der Waals surface area contributed by atoms with Gasteiger partial charge >= 0.3 is 0 Å². The summed E-state index contributed by atoms with van der Waals surface area (Å²) in [4.78, 5) is 19.8. The molecular formula is C25H22ClN3O. The van der Waals surface area contributed by atoms with E-state index in [1.165, 1.54) is 5.56 Å². The van der Waals surface area contributed by atoms with Gasteiger partial charge in [-0.3, -0.25) is 4.79 Å². The first-order valence-corrected chi connectivity index (χ1v) is 10.5. The zero-order valence-corrected chi connectivity index (χ0v) is 17.5. The molecule has 0 unspecified atom stereocenters. The molecule has 0 radical (unpaired) electrons. The van der Waals surface area contributed by atoms with E-state index in [1.807, 2.05) is 54.3 Å². The molecule has 3 aromatic carbocycles. The Kier molecular flexibility index (Phi) is 4.80. The van der Waals surface area contributed by atoms with Crippen LogP contribution in [0.15, 0.2) is 72.8 Å². The van der Waals surface area contributed by atoms with Crippen molar-refractivity contribution in [2.45, 2.75) is 25.8 Å². The van der Waals surface area contributed by atoms with Gasteiger partial charge in [0.2, 0.25) is 5.91 Å². The first-order valence-electron chi connectivity index (χ1n) is 10.2. The van der Waals surface area contributed by atoms with Crippen molar-refractivity contribution >= 4 is 34.2 Å². The van der Waals surface area contributed by atoms with Gasteiger partial charge in [0.25, 0.3) is 0 Å². The Labute approximate surface area is 180 Å². The third kappa shape index (κ3) is 3.27. The van der Waals surface area contributed by atoms with Crippen molar-refractivity contribution in [3.63, 3.8) is 0 Å². The molecule has 4 nitrogen and oxygen atoms in total. The number of amides is 1. The molecule has 1 fully saturated rings. The second-order valence-electron chi connectivity index (χ2n) is 7.82. The molecule has 5 rings (SSSR count). The lowest BCUT2D eigenvalue weighted by Crippen LogP contribution is -2.25. The second-order valence-corrected chi connectivity index (χ2v) is 8.23. The van der Waals surface area contributed by atoms with Crippen molar-refractivity contribution in [1.29, 1.82) is 0 Å². The minimum Gasteiger partial charge on any atom is -0.323 e. The van der Waals surface area contributed by atoms with Gasteiger partial charge < -0.3 is 9.47 Å². The third-order valence-corrected chi connectivity index (χ3v) is 6.30. The van der Waals surface area contributed by atoms with Gasteiger partial charge in [0.05, 0.1) is 11.0 Å². The van der Waals surface area contributed by atoms with Crippen LogP contribution in [-0.2, 0) is 11.3 Å². The summed E-state index contributed by atoms with van der Waals surface area (Å²) in [6, 6.07) is 24.3. The second kappa shape index (κ2) is 7.62. The van der Waals surface area contributed by atoms with Gasteiger partial charge in [0, 0.05) is 36.1 Å². The molecule has 0 N–H and O–H groups in total. The third-order valence-electron chi connectivity index (χ3n) is 5.89. The lowest BCUT2D eigenvalue weighted by molar-refractivity contribution is -0.117. The van der Waals surface area contributed by atoms with E-state index >= 15 is 0 Å². The summed E-state index contributed by atoms with van der Waals surface area (Å²) in [5, 5.41) is 0.681. The lowest BCUT2D eigenvalue weighted by Gasteiger charge is -2.20. The van der Waals surface area contributed by atoms with Crippen LogP contribution in [-0.4, -0.2) is 22.0 Å². The number of fused-ring (bicyclic) bond motifs is 1. The maximum absolute atomic E-state index is 13.0. The van der Waals surface area contributed by atoms with Crippen LogP contribution < -0.4 is 4.90 Å². The number of carbonyl (C=O) groups excluding carboxylic acids is 1. The lowest BCUT2D eigenvalue weighted by atomic mass is 10.1. The number of aromatic nitrogens is 2. The van der Waals surface area contributed by atoms with Gasteiger partial charge in [-0.25, -0.2) is 4.98 Å². The normalized spacial score (nSPS) is 16.5. The van der Waals surface area contributed by atoms with Gasteiger partial charge in [0.15, 0.2) is 0 Å². The SMILES string of the molecule is Cc1c(Cl)cccc1N1C[C@@H](c2nc3ccccc3n2Cc2ccccc2)CC1=O. The average molecular weight is 416 g/mol. The molecule has 0 spiro atoms. The summed E-state index contributed by atoms with van der Waals surface area (Å²) < 4.78 is 2.26. The van der Waals surface area contributed by atoms with Gasteiger partial charge in [-0.2, -0.15) is 0 Å². The van der Waals surface area contributed by atoms with Crippen molar-refractivity contribution in [3.8, 4) is 0 Å². The molecular weight excluding hydrogens is 394 g/mol. The number of imidazole rings is 1. The molecule has 0 saturated carbocycles. The summed E-state index contributed by atoms with van der Waals surface area (Å²) >= 11 is 6.31. The molecule has 30 heavy (non-hydrogen) atoms. The number of carbonyl (C=O) groups is 1. The fourth-order valence-electron chi connectivity index (χ4n) is 4.34. The van der Waals surface area contributed by atoms with Crippen LogP contribution in [0.4, 0.5) is 5.69 Å². The topological polar surface area (TPSA) is 38.1 Å². The number of halogens is 1. The van der Waals surface area contributed by atoms with Crippen LogP contribution in [0, 0.1) is 6.92 Å². The molecule has 1 aromatic heterocycles. The number of benzene rings is 3. The molecule has 1 saturated heterocycles. The Morgan fingerprint density at radius 2 is 1.77 bits per heavy atom. The predicted octanol–water partition coefficient (Wildman–Crippen LogP) is 5.57. The van der Waals surface area contributed by atoms with Crippen molar-refractivity contribution in [2.24, 2.45) is 0 Å². The van der Waals surface area contributed by atoms with E-state index < -0.39 is 0 Å². The highest BCUT2D eigenvalue weighted by Crippen LogP contribution is 2.36. The Morgan fingerprint density at radius 1 is 1.00 bits per heavy atom. The summed E-state index contributed by atoms with van der Waals surface area (Å²) in [6.07, 6.45) is 0.448. The zero-order valence-electron chi connectivity index (χ0n) is 16.8. The first-order chi connectivity index (χ1) is 14.6. The molecule has 0 bridgehead atoms. The number of nitrogens with zero attached hydrogens (tertiary/aromatic N) is 3. The Balaban J connectivity index is 1.54. The minimum atomic E-state index is 0.0343. The van der Waals surface area contributed by atoms with E-state index in [0.29, 0.717) is 18.0 Å². The van der Waals surface area contributed by atoms with Crippen LogP contribution in [0.3, 0.4) is 0 Å². The smallest absolute Gasteiger partial charge is 0.227 e. The quantitative estimate of drug-likeness (QED) is 0.437. The van der Waals surface area contributed by atoms with Crippen LogP contribution in [0.25, 0.3) is 11.0 Å². The van der Waals surface area contributed by atoms with E-state index in [4.69, 9.17) is 16.6 Å². The van der Waals surface area contributed by atoms with Gasteiger partial charge in [-0.15, -0.1) is 0 Å². The van der Waals surface area contributed by atoms with Crippen LogP contribution in [0.5, 0.6) is 0 Å². The molecule has 4 aromatic rings. The van der Waals surface area contributed by atoms with Gasteiger partial charge in [0.1, 0.15) is 5.82 Å². The number of rotatable bonds is 4. The number of hydrogen-bond acceptors (Lipinski definition) is 2. The maximum Gasteiger partial charge on any atom is 0.227 e. The minimum absolute atomic E-state index is 0.0343. The summed E-state index contributed by atoms with van der Waals surface area (Å²) in [6.45, 7) is 3.30. The highest BCUT2D eigenvalue weighted by Gasteiger charge is 2.35. The fraction of sp³-hybridized carbons (Fsp3) is 0.200. The fourth-order valence-corrected chi connectivity index (χ4v) is 4.51. The summed E-state index contributed by atoms with van der Waals surface area (Å²) in [7, 11) is 0. The van der Waals surface area contributed by atoms with Crippen molar-refractivity contribution in [3.05, 3.63) is 94.8 Å². The molecule has 1 aliphatic rings. The maximum atomic E-state index is 13.0. The molecule has 5 heteroatoms. The monoisotopic (exact) mass is 415 g/mol. The first kappa shape index (κ1) is 18.9. The predicted molar refractivity (Wildman–Crippen MR) is 121 cm³/mol. The van der Waals surface area contributed by atoms with Crippen LogP contribution in [0.1, 0.15) is 29.3 Å². The molecule has 1 amide bonds. The Morgan fingerprint density at radius 3 is 2.60 bits per heavy atom. The van der Waals surface area contributed by atoms with E-state index in [9.17, 15) is 4.79 Å². The van der Waals surface area contributed by atoms with E-state index in [1.54, 1.807) is 0 Å². The molecule has 1 aliphatic heterocycles. The van der Waals surface area contributed by atoms with Crippen LogP contribution >= 0.6 is 11.6 Å².